The summed E-state index contributed by atoms with van der Waals surface area (Å²) in [6, 6.07) is 1.52. The van der Waals surface area contributed by atoms with Crippen molar-refractivity contribution in [1.82, 2.24) is 10.3 Å². The zero-order valence-electron chi connectivity index (χ0n) is 13.0. The number of amidine groups is 1. The van der Waals surface area contributed by atoms with Crippen LogP contribution in [0.4, 0.5) is 0 Å². The minimum atomic E-state index is -1.11. The highest BCUT2D eigenvalue weighted by molar-refractivity contribution is 6.17. The van der Waals surface area contributed by atoms with Crippen LogP contribution in [0.25, 0.3) is 6.08 Å². The maximum absolute atomic E-state index is 12.2. The van der Waals surface area contributed by atoms with Crippen LogP contribution in [0.2, 0.25) is 0 Å². The summed E-state index contributed by atoms with van der Waals surface area (Å²) in [5, 5.41) is 12.0. The topological polar surface area (TPSA) is 91.7 Å². The van der Waals surface area contributed by atoms with E-state index in [2.05, 4.69) is 15.3 Å². The van der Waals surface area contributed by atoms with Crippen molar-refractivity contribution in [3.8, 4) is 0 Å². The van der Waals surface area contributed by atoms with Crippen molar-refractivity contribution in [3.63, 3.8) is 0 Å². The molecule has 1 aromatic heterocycles. The van der Waals surface area contributed by atoms with Crippen LogP contribution in [0.1, 0.15) is 49.3 Å². The first-order valence-corrected chi connectivity index (χ1v) is 7.07. The number of aromatic nitrogens is 1. The van der Waals surface area contributed by atoms with Crippen LogP contribution in [-0.4, -0.2) is 33.3 Å². The number of nitrogens with zero attached hydrogens (tertiary/aromatic N) is 2. The number of hydrogen-bond acceptors (Lipinski definition) is 4. The fourth-order valence-corrected chi connectivity index (χ4v) is 2.16. The Hall–Kier alpha value is -2.50. The van der Waals surface area contributed by atoms with Crippen LogP contribution in [0, 0.1) is 5.92 Å². The van der Waals surface area contributed by atoms with E-state index < -0.39 is 11.5 Å². The summed E-state index contributed by atoms with van der Waals surface area (Å²) in [6.45, 7) is 7.36. The van der Waals surface area contributed by atoms with Gasteiger partial charge in [-0.1, -0.05) is 26.0 Å². The summed E-state index contributed by atoms with van der Waals surface area (Å²) in [6.07, 6.45) is 5.12. The molecule has 0 bridgehead atoms. The number of carbonyl (C=O) groups excluding carboxylic acids is 1. The van der Waals surface area contributed by atoms with Gasteiger partial charge in [-0.2, -0.15) is 0 Å². The fraction of sp³-hybridized carbons (Fsp3) is 0.375. The van der Waals surface area contributed by atoms with Crippen LogP contribution in [0.15, 0.2) is 23.3 Å². The molecule has 1 aliphatic rings. The number of rotatable bonds is 4. The molecule has 116 valence electrons. The average Bonchev–Trinajstić information content (AvgIpc) is 2.76. The van der Waals surface area contributed by atoms with E-state index in [1.165, 1.54) is 6.07 Å². The molecule has 1 amide bonds. The molecule has 0 fully saturated rings. The van der Waals surface area contributed by atoms with Crippen molar-refractivity contribution in [2.75, 3.05) is 0 Å². The van der Waals surface area contributed by atoms with Crippen molar-refractivity contribution >= 4 is 23.8 Å². The molecule has 2 rings (SSSR count). The highest BCUT2D eigenvalue weighted by Gasteiger charge is 2.43. The minimum absolute atomic E-state index is 0.0134. The van der Waals surface area contributed by atoms with Gasteiger partial charge >= 0.3 is 5.97 Å². The maximum Gasteiger partial charge on any atom is 0.338 e. The van der Waals surface area contributed by atoms with E-state index in [1.54, 1.807) is 25.3 Å². The largest absolute Gasteiger partial charge is 0.478 e. The lowest BCUT2D eigenvalue weighted by molar-refractivity contribution is -0.124. The number of allylic oxidation sites excluding steroid dienone is 1. The van der Waals surface area contributed by atoms with Gasteiger partial charge in [-0.25, -0.2) is 9.79 Å². The molecule has 0 radical (unpaired) electrons. The highest BCUT2D eigenvalue weighted by atomic mass is 16.4. The van der Waals surface area contributed by atoms with E-state index in [9.17, 15) is 14.7 Å². The number of pyridine rings is 1. The second-order valence-corrected chi connectivity index (χ2v) is 5.69. The summed E-state index contributed by atoms with van der Waals surface area (Å²) < 4.78 is 0. The van der Waals surface area contributed by atoms with Gasteiger partial charge in [0.25, 0.3) is 5.91 Å². The second kappa shape index (κ2) is 5.71. The summed E-state index contributed by atoms with van der Waals surface area (Å²) in [4.78, 5) is 32.2. The summed E-state index contributed by atoms with van der Waals surface area (Å²) in [5.41, 5.74) is -0.0317. The lowest BCUT2D eigenvalue weighted by Gasteiger charge is -2.21. The Morgan fingerprint density at radius 2 is 2.14 bits per heavy atom. The lowest BCUT2D eigenvalue weighted by atomic mass is 9.89. The molecule has 0 aliphatic carbocycles. The summed E-state index contributed by atoms with van der Waals surface area (Å²) in [5.74, 6) is -1.15. The predicted octanol–water partition coefficient (Wildman–Crippen LogP) is 2.10. The molecule has 22 heavy (non-hydrogen) atoms. The Labute approximate surface area is 129 Å². The predicted molar refractivity (Wildman–Crippen MR) is 83.8 cm³/mol. The van der Waals surface area contributed by atoms with E-state index in [0.29, 0.717) is 5.56 Å². The third-order valence-corrected chi connectivity index (χ3v) is 3.88. The van der Waals surface area contributed by atoms with Crippen molar-refractivity contribution < 1.29 is 14.7 Å². The van der Waals surface area contributed by atoms with Crippen LogP contribution < -0.4 is 5.32 Å². The third-order valence-electron chi connectivity index (χ3n) is 3.88. The molecular weight excluding hydrogens is 282 g/mol. The highest BCUT2D eigenvalue weighted by Crippen LogP contribution is 2.27. The third kappa shape index (κ3) is 2.64. The number of aliphatic imine (C=N–C) groups is 1. The van der Waals surface area contributed by atoms with E-state index in [0.717, 1.165) is 0 Å². The SMILES string of the molecule is CC=Cc1cnc(C2=NC(C)(C(C)C)C(=O)N2)c(C(=O)O)c1. The van der Waals surface area contributed by atoms with Crippen molar-refractivity contribution in [1.29, 1.82) is 0 Å². The van der Waals surface area contributed by atoms with Gasteiger partial charge in [0.15, 0.2) is 5.84 Å². The number of carboxylic acid groups (broad SMARTS) is 1. The first-order chi connectivity index (χ1) is 10.3. The number of aromatic carboxylic acids is 1. The molecule has 6 nitrogen and oxygen atoms in total. The van der Waals surface area contributed by atoms with Gasteiger partial charge in [0, 0.05) is 6.20 Å². The minimum Gasteiger partial charge on any atom is -0.478 e. The monoisotopic (exact) mass is 301 g/mol. The molecule has 1 aliphatic heterocycles. The van der Waals surface area contributed by atoms with Crippen LogP contribution in [0.3, 0.4) is 0 Å². The maximum atomic E-state index is 12.2. The Bertz CT molecular complexity index is 692. The second-order valence-electron chi connectivity index (χ2n) is 5.69. The molecule has 0 saturated carbocycles. The molecular formula is C16H19N3O3. The Morgan fingerprint density at radius 3 is 2.64 bits per heavy atom. The van der Waals surface area contributed by atoms with Gasteiger partial charge in [0.1, 0.15) is 11.2 Å². The average molecular weight is 301 g/mol. The number of amides is 1. The zero-order valence-corrected chi connectivity index (χ0v) is 13.0. The van der Waals surface area contributed by atoms with Gasteiger partial charge in [0.05, 0.1) is 5.56 Å². The lowest BCUT2D eigenvalue weighted by Crippen LogP contribution is -2.41. The van der Waals surface area contributed by atoms with Crippen molar-refractivity contribution in [3.05, 3.63) is 35.2 Å². The molecule has 6 heteroatoms. The molecule has 0 spiro atoms. The van der Waals surface area contributed by atoms with Gasteiger partial charge in [-0.05, 0) is 31.4 Å². The summed E-state index contributed by atoms with van der Waals surface area (Å²) in [7, 11) is 0. The molecule has 1 aromatic rings. The van der Waals surface area contributed by atoms with Crippen LogP contribution in [-0.2, 0) is 4.79 Å². The standard InChI is InChI=1S/C16H19N3O3/c1-5-6-10-7-11(14(20)21)12(17-8-10)13-18-15(22)16(4,19-13)9(2)3/h5-9H,1-4H3,(H,20,21)(H,18,19,22). The van der Waals surface area contributed by atoms with Crippen LogP contribution in [0.5, 0.6) is 0 Å². The Kier molecular flexibility index (Phi) is 4.12. The first kappa shape index (κ1) is 15.9. The first-order valence-electron chi connectivity index (χ1n) is 7.07. The van der Waals surface area contributed by atoms with Gasteiger partial charge in [-0.3, -0.25) is 9.78 Å². The number of carbonyl (C=O) groups is 2. The van der Waals surface area contributed by atoms with Gasteiger partial charge in [-0.15, -0.1) is 0 Å². The van der Waals surface area contributed by atoms with Crippen LogP contribution >= 0.6 is 0 Å². The quantitative estimate of drug-likeness (QED) is 0.891. The smallest absolute Gasteiger partial charge is 0.338 e. The molecule has 2 N–H and O–H groups in total. The zero-order chi connectivity index (χ0) is 16.5. The number of carboxylic acids is 1. The van der Waals surface area contributed by atoms with E-state index in [1.807, 2.05) is 20.8 Å². The molecule has 1 unspecified atom stereocenters. The van der Waals surface area contributed by atoms with Gasteiger partial charge in [0.2, 0.25) is 0 Å². The fourth-order valence-electron chi connectivity index (χ4n) is 2.16. The molecule has 0 aromatic carbocycles. The van der Waals surface area contributed by atoms with Crippen molar-refractivity contribution in [2.24, 2.45) is 10.9 Å². The molecule has 0 saturated heterocycles. The molecule has 2 heterocycles. The number of hydrogen-bond donors (Lipinski definition) is 2. The van der Waals surface area contributed by atoms with Crippen molar-refractivity contribution in [2.45, 2.75) is 33.2 Å². The normalized spacial score (nSPS) is 21.3. The van der Waals surface area contributed by atoms with E-state index in [-0.39, 0.29) is 28.9 Å². The van der Waals surface area contributed by atoms with E-state index >= 15 is 0 Å². The number of nitrogens with one attached hydrogen (secondary N) is 1. The molecule has 1 atom stereocenters. The summed E-state index contributed by atoms with van der Waals surface area (Å²) >= 11 is 0. The Balaban J connectivity index is 2.54. The van der Waals surface area contributed by atoms with Gasteiger partial charge < -0.3 is 10.4 Å². The Morgan fingerprint density at radius 1 is 1.45 bits per heavy atom. The van der Waals surface area contributed by atoms with E-state index in [4.69, 9.17) is 0 Å².